The fourth-order valence-electron chi connectivity index (χ4n) is 4.19. The first-order chi connectivity index (χ1) is 18.8. The summed E-state index contributed by atoms with van der Waals surface area (Å²) in [5, 5.41) is 0. The molecule has 0 radical (unpaired) electrons. The van der Waals surface area contributed by atoms with Crippen LogP contribution in [0.5, 0.6) is 0 Å². The number of carbonyl (C=O) groups is 2. The van der Waals surface area contributed by atoms with Crippen molar-refractivity contribution in [1.29, 1.82) is 0 Å². The second-order valence-corrected chi connectivity index (χ2v) is 11.7. The lowest BCUT2D eigenvalue weighted by Crippen LogP contribution is -2.29. The van der Waals surface area contributed by atoms with Crippen LogP contribution in [0.25, 0.3) is 0 Å². The molecule has 0 fully saturated rings. The van der Waals surface area contributed by atoms with Gasteiger partial charge in [0.1, 0.15) is 6.61 Å². The lowest BCUT2D eigenvalue weighted by Gasteiger charge is -2.18. The highest BCUT2D eigenvalue weighted by atomic mass is 31.2. The molecule has 9 heteroatoms. The molecule has 0 saturated heterocycles. The fraction of sp³-hybridized carbons (Fsp3) is 0.867. The van der Waals surface area contributed by atoms with Crippen molar-refractivity contribution in [3.8, 4) is 0 Å². The van der Waals surface area contributed by atoms with Crippen LogP contribution in [-0.2, 0) is 28.2 Å². The maximum Gasteiger partial charge on any atom is 0.469 e. The van der Waals surface area contributed by atoms with E-state index in [2.05, 4.69) is 30.5 Å². The van der Waals surface area contributed by atoms with E-state index in [1.54, 1.807) is 0 Å². The molecule has 0 aliphatic carbocycles. The van der Waals surface area contributed by atoms with E-state index >= 15 is 0 Å². The number of hydrogen-bond acceptors (Lipinski definition) is 6. The molecule has 0 rings (SSSR count). The molecule has 0 saturated carbocycles. The summed E-state index contributed by atoms with van der Waals surface area (Å²) in [6.45, 7) is 3.59. The Morgan fingerprint density at radius 1 is 0.641 bits per heavy atom. The highest BCUT2D eigenvalue weighted by Crippen LogP contribution is 2.35. The van der Waals surface area contributed by atoms with Gasteiger partial charge in [-0.25, -0.2) is 4.57 Å². The molecule has 0 bridgehead atoms. The van der Waals surface area contributed by atoms with Gasteiger partial charge in [0.15, 0.2) is 6.10 Å². The molecule has 0 aromatic carbocycles. The van der Waals surface area contributed by atoms with Gasteiger partial charge in [0, 0.05) is 12.8 Å². The molecule has 0 aromatic heterocycles. The zero-order valence-corrected chi connectivity index (χ0v) is 25.7. The minimum atomic E-state index is -4.73. The third-order valence-corrected chi connectivity index (χ3v) is 7.02. The van der Waals surface area contributed by atoms with E-state index in [0.717, 1.165) is 51.4 Å². The van der Waals surface area contributed by atoms with Crippen molar-refractivity contribution in [2.45, 2.75) is 155 Å². The van der Waals surface area contributed by atoms with Crippen molar-refractivity contribution in [3.05, 3.63) is 12.2 Å². The number of phosphoric acid groups is 1. The summed E-state index contributed by atoms with van der Waals surface area (Å²) in [6.07, 6.45) is 25.2. The van der Waals surface area contributed by atoms with E-state index in [0.29, 0.717) is 12.8 Å². The summed E-state index contributed by atoms with van der Waals surface area (Å²) in [5.41, 5.74) is 0. The molecule has 0 aliphatic heterocycles. The third kappa shape index (κ3) is 29.6. The van der Waals surface area contributed by atoms with Crippen LogP contribution in [-0.4, -0.2) is 41.0 Å². The van der Waals surface area contributed by atoms with Crippen LogP contribution in [0, 0.1) is 0 Å². The Bertz CT molecular complexity index is 661. The normalized spacial score (nSPS) is 12.6. The van der Waals surface area contributed by atoms with Crippen molar-refractivity contribution < 1.29 is 37.9 Å². The number of ether oxygens (including phenoxy) is 2. The van der Waals surface area contributed by atoms with Gasteiger partial charge in [-0.2, -0.15) is 0 Å². The predicted octanol–water partition coefficient (Wildman–Crippen LogP) is 8.34. The first kappa shape index (κ1) is 37.8. The van der Waals surface area contributed by atoms with Crippen molar-refractivity contribution in [2.24, 2.45) is 0 Å². The molecule has 0 spiro atoms. The van der Waals surface area contributed by atoms with Gasteiger partial charge in [0.25, 0.3) is 0 Å². The summed E-state index contributed by atoms with van der Waals surface area (Å²) >= 11 is 0. The maximum atomic E-state index is 12.2. The van der Waals surface area contributed by atoms with E-state index in [4.69, 9.17) is 19.3 Å². The summed E-state index contributed by atoms with van der Waals surface area (Å²) in [6, 6.07) is 0. The first-order valence-electron chi connectivity index (χ1n) is 15.5. The van der Waals surface area contributed by atoms with Crippen LogP contribution in [0.2, 0.25) is 0 Å². The summed E-state index contributed by atoms with van der Waals surface area (Å²) in [4.78, 5) is 42.3. The number of hydrogen-bond donors (Lipinski definition) is 2. The minimum absolute atomic E-state index is 0.213. The molecular weight excluding hydrogens is 519 g/mol. The summed E-state index contributed by atoms with van der Waals surface area (Å²) in [7, 11) is -4.73. The van der Waals surface area contributed by atoms with E-state index in [-0.39, 0.29) is 19.4 Å². The van der Waals surface area contributed by atoms with Crippen LogP contribution >= 0.6 is 7.82 Å². The van der Waals surface area contributed by atoms with Gasteiger partial charge in [0.2, 0.25) is 0 Å². The Morgan fingerprint density at radius 2 is 1.08 bits per heavy atom. The monoisotopic (exact) mass is 576 g/mol. The molecule has 0 amide bonds. The zero-order valence-electron chi connectivity index (χ0n) is 24.8. The highest BCUT2D eigenvalue weighted by Gasteiger charge is 2.22. The van der Waals surface area contributed by atoms with Crippen LogP contribution < -0.4 is 0 Å². The Kier molecular flexibility index (Phi) is 26.1. The second kappa shape index (κ2) is 27.0. The first-order valence-corrected chi connectivity index (χ1v) is 17.0. The summed E-state index contributed by atoms with van der Waals surface area (Å²) in [5.74, 6) is -0.898. The Balaban J connectivity index is 4.05. The predicted molar refractivity (Wildman–Crippen MR) is 156 cm³/mol. The van der Waals surface area contributed by atoms with Crippen LogP contribution in [0.15, 0.2) is 12.2 Å². The number of rotatable bonds is 28. The van der Waals surface area contributed by atoms with E-state index < -0.39 is 32.5 Å². The third-order valence-electron chi connectivity index (χ3n) is 6.53. The lowest BCUT2D eigenvalue weighted by molar-refractivity contribution is -0.161. The lowest BCUT2D eigenvalue weighted by atomic mass is 10.1. The second-order valence-electron chi connectivity index (χ2n) is 10.4. The van der Waals surface area contributed by atoms with Gasteiger partial charge in [-0.05, 0) is 38.5 Å². The topological polar surface area (TPSA) is 119 Å². The van der Waals surface area contributed by atoms with Gasteiger partial charge in [-0.15, -0.1) is 0 Å². The molecule has 2 N–H and O–H groups in total. The molecule has 1 atom stereocenters. The van der Waals surface area contributed by atoms with E-state index in [1.165, 1.54) is 57.8 Å². The zero-order chi connectivity index (χ0) is 29.0. The molecule has 39 heavy (non-hydrogen) atoms. The molecular formula is C30H57O8P. The van der Waals surface area contributed by atoms with Gasteiger partial charge < -0.3 is 19.3 Å². The molecule has 0 unspecified atom stereocenters. The number of phosphoric ester groups is 1. The molecule has 0 aromatic rings. The van der Waals surface area contributed by atoms with Crippen molar-refractivity contribution in [3.63, 3.8) is 0 Å². The van der Waals surface area contributed by atoms with Gasteiger partial charge >= 0.3 is 19.8 Å². The number of esters is 2. The SMILES string of the molecule is CCCCC/C=C/CCCCCCCC(=O)OC[C@H](COP(=O)(O)O)OC(=O)CCCCCCCCCCC. The average molecular weight is 577 g/mol. The molecule has 0 heterocycles. The molecule has 0 aliphatic rings. The van der Waals surface area contributed by atoms with Gasteiger partial charge in [-0.1, -0.05) is 109 Å². The van der Waals surface area contributed by atoms with Crippen molar-refractivity contribution in [2.75, 3.05) is 13.2 Å². The van der Waals surface area contributed by atoms with Crippen molar-refractivity contribution in [1.82, 2.24) is 0 Å². The number of allylic oxidation sites excluding steroid dienone is 2. The average Bonchev–Trinajstić information content (AvgIpc) is 2.89. The standard InChI is InChI=1S/C30H57O8P/c1-3-5-7-9-11-13-14-15-17-18-20-22-24-29(31)36-26-28(27-37-39(33,34)35)38-30(32)25-23-21-19-16-12-10-8-6-4-2/h11,13,28H,3-10,12,14-27H2,1-2H3,(H2,33,34,35)/b13-11+/t28-/m1/s1. The van der Waals surface area contributed by atoms with Crippen LogP contribution in [0.4, 0.5) is 0 Å². The van der Waals surface area contributed by atoms with Crippen LogP contribution in [0.1, 0.15) is 149 Å². The Hall–Kier alpha value is -1.21. The van der Waals surface area contributed by atoms with Gasteiger partial charge in [0.05, 0.1) is 6.61 Å². The minimum Gasteiger partial charge on any atom is -0.462 e. The smallest absolute Gasteiger partial charge is 0.462 e. The van der Waals surface area contributed by atoms with E-state index in [1.807, 2.05) is 0 Å². The quantitative estimate of drug-likeness (QED) is 0.0413. The maximum absolute atomic E-state index is 12.2. The fourth-order valence-corrected chi connectivity index (χ4v) is 4.55. The van der Waals surface area contributed by atoms with Gasteiger partial charge in [-0.3, -0.25) is 14.1 Å². The largest absolute Gasteiger partial charge is 0.469 e. The van der Waals surface area contributed by atoms with E-state index in [9.17, 15) is 14.2 Å². The molecule has 230 valence electrons. The van der Waals surface area contributed by atoms with Crippen molar-refractivity contribution >= 4 is 19.8 Å². The highest BCUT2D eigenvalue weighted by molar-refractivity contribution is 7.46. The van der Waals surface area contributed by atoms with Crippen LogP contribution in [0.3, 0.4) is 0 Å². The molecule has 8 nitrogen and oxygen atoms in total. The Labute approximate surface area is 237 Å². The Morgan fingerprint density at radius 3 is 1.62 bits per heavy atom. The number of unbranched alkanes of at least 4 members (excludes halogenated alkanes) is 16. The number of carbonyl (C=O) groups excluding carboxylic acids is 2. The summed E-state index contributed by atoms with van der Waals surface area (Å²) < 4.78 is 26.1.